The summed E-state index contributed by atoms with van der Waals surface area (Å²) < 4.78 is 4.99. The van der Waals surface area contributed by atoms with Gasteiger partial charge in [0.25, 0.3) is 0 Å². The van der Waals surface area contributed by atoms with Crippen LogP contribution < -0.4 is 9.80 Å². The normalized spacial score (nSPS) is 11.4. The molecule has 0 amide bonds. The number of benzene rings is 9. The number of aromatic nitrogens is 1. The number of thiophene rings is 1. The maximum absolute atomic E-state index is 2.41. The largest absolute Gasteiger partial charge is 0.310 e. The van der Waals surface area contributed by atoms with E-state index >= 15 is 0 Å². The highest BCUT2D eigenvalue weighted by Gasteiger charge is 2.21. The number of nitrogens with zero attached hydrogens (tertiary/aromatic N) is 3. The van der Waals surface area contributed by atoms with E-state index in [9.17, 15) is 0 Å². The minimum absolute atomic E-state index is 1.06. The summed E-state index contributed by atoms with van der Waals surface area (Å²) in [5.41, 5.74) is 12.3. The van der Waals surface area contributed by atoms with Gasteiger partial charge in [-0.2, -0.15) is 0 Å². The van der Waals surface area contributed by atoms with Crippen LogP contribution in [0.3, 0.4) is 0 Å². The van der Waals surface area contributed by atoms with E-state index < -0.39 is 0 Å². The molecule has 0 N–H and O–H groups in total. The van der Waals surface area contributed by atoms with Crippen LogP contribution in [0, 0.1) is 0 Å². The van der Waals surface area contributed by atoms with Gasteiger partial charge in [-0.1, -0.05) is 127 Å². The molecule has 4 heteroatoms. The molecule has 0 atom stereocenters. The lowest BCUT2D eigenvalue weighted by Gasteiger charge is -2.30. The molecule has 3 nitrogen and oxygen atoms in total. The predicted octanol–water partition coefficient (Wildman–Crippen LogP) is 15.8. The molecule has 0 radical (unpaired) electrons. The molecule has 0 aliphatic heterocycles. The third kappa shape index (κ3) is 5.90. The summed E-state index contributed by atoms with van der Waals surface area (Å²) in [7, 11) is 0. The van der Waals surface area contributed by atoms with Crippen LogP contribution in [0.4, 0.5) is 34.1 Å². The van der Waals surface area contributed by atoms with Crippen molar-refractivity contribution in [2.24, 2.45) is 0 Å². The van der Waals surface area contributed by atoms with E-state index in [0.717, 1.165) is 50.9 Å². The standard InChI is InChI=1S/C54H37N3S/c1-5-17-40(18-6-1)55(41-19-7-2-8-20-41)45-33-39(38-29-31-50-49-26-14-16-28-53(49)58-54(50)35-38)34-46(36-45)56(42-21-9-3-10-22-42)44-30-32-48-47-25-13-15-27-51(47)57(52(48)37-44)43-23-11-4-12-24-43/h1-37H. The molecular weight excluding hydrogens is 723 g/mol. The highest BCUT2D eigenvalue weighted by molar-refractivity contribution is 7.25. The third-order valence-electron chi connectivity index (χ3n) is 11.1. The molecule has 2 heterocycles. The second kappa shape index (κ2) is 14.3. The Morgan fingerprint density at radius 2 is 0.793 bits per heavy atom. The molecule has 11 aromatic rings. The summed E-state index contributed by atoms with van der Waals surface area (Å²) in [5.74, 6) is 0. The van der Waals surface area contributed by atoms with E-state index in [0.29, 0.717) is 0 Å². The molecule has 9 aromatic carbocycles. The van der Waals surface area contributed by atoms with Gasteiger partial charge < -0.3 is 14.4 Å². The second-order valence-corrected chi connectivity index (χ2v) is 15.7. The van der Waals surface area contributed by atoms with Crippen molar-refractivity contribution < 1.29 is 0 Å². The average Bonchev–Trinajstić information content (AvgIpc) is 3.83. The lowest BCUT2D eigenvalue weighted by atomic mass is 10.0. The van der Waals surface area contributed by atoms with Crippen molar-refractivity contribution in [2.75, 3.05) is 9.80 Å². The van der Waals surface area contributed by atoms with Crippen LogP contribution in [0.25, 0.3) is 58.8 Å². The van der Waals surface area contributed by atoms with Gasteiger partial charge in [0.2, 0.25) is 0 Å². The number of fused-ring (bicyclic) bond motifs is 6. The summed E-state index contributed by atoms with van der Waals surface area (Å²) >= 11 is 1.86. The van der Waals surface area contributed by atoms with Crippen LogP contribution in [0.1, 0.15) is 0 Å². The average molecular weight is 760 g/mol. The zero-order valence-electron chi connectivity index (χ0n) is 31.6. The molecular formula is C54H37N3S. The quantitative estimate of drug-likeness (QED) is 0.153. The van der Waals surface area contributed by atoms with Crippen molar-refractivity contribution in [3.8, 4) is 16.8 Å². The first-order valence-electron chi connectivity index (χ1n) is 19.7. The maximum atomic E-state index is 2.41. The first-order valence-corrected chi connectivity index (χ1v) is 20.5. The Hall–Kier alpha value is -7.40. The summed E-state index contributed by atoms with van der Waals surface area (Å²) in [6.07, 6.45) is 0. The third-order valence-corrected chi connectivity index (χ3v) is 12.2. The van der Waals surface area contributed by atoms with Crippen molar-refractivity contribution in [1.29, 1.82) is 0 Å². The van der Waals surface area contributed by atoms with Crippen LogP contribution in [-0.2, 0) is 0 Å². The van der Waals surface area contributed by atoms with Gasteiger partial charge in [-0.3, -0.25) is 0 Å². The van der Waals surface area contributed by atoms with E-state index in [4.69, 9.17) is 0 Å². The SMILES string of the molecule is c1ccc(N(c2ccccc2)c2cc(-c3ccc4c(c3)sc3ccccc34)cc(N(c3ccccc3)c3ccc4c5ccccc5n(-c5ccccc5)c4c3)c2)cc1. The van der Waals surface area contributed by atoms with E-state index in [1.54, 1.807) is 0 Å². The molecule has 0 saturated carbocycles. The molecule has 0 aliphatic rings. The molecule has 0 spiro atoms. The maximum Gasteiger partial charge on any atom is 0.0561 e. The lowest BCUT2D eigenvalue weighted by Crippen LogP contribution is -2.13. The monoisotopic (exact) mass is 759 g/mol. The summed E-state index contributed by atoms with van der Waals surface area (Å²) in [6, 6.07) is 81.2. The minimum atomic E-state index is 1.06. The predicted molar refractivity (Wildman–Crippen MR) is 248 cm³/mol. The highest BCUT2D eigenvalue weighted by atomic mass is 32.1. The van der Waals surface area contributed by atoms with Crippen LogP contribution in [0.5, 0.6) is 0 Å². The van der Waals surface area contributed by atoms with Crippen molar-refractivity contribution in [3.63, 3.8) is 0 Å². The Morgan fingerprint density at radius 1 is 0.293 bits per heavy atom. The fourth-order valence-corrected chi connectivity index (χ4v) is 9.65. The smallest absolute Gasteiger partial charge is 0.0561 e. The van der Waals surface area contributed by atoms with E-state index in [-0.39, 0.29) is 0 Å². The highest BCUT2D eigenvalue weighted by Crippen LogP contribution is 2.45. The second-order valence-electron chi connectivity index (χ2n) is 14.6. The topological polar surface area (TPSA) is 11.4 Å². The van der Waals surface area contributed by atoms with Crippen molar-refractivity contribution in [3.05, 3.63) is 224 Å². The molecule has 58 heavy (non-hydrogen) atoms. The molecule has 0 aliphatic carbocycles. The number of para-hydroxylation sites is 5. The van der Waals surface area contributed by atoms with Gasteiger partial charge in [0.15, 0.2) is 0 Å². The first kappa shape index (κ1) is 33.9. The molecule has 0 unspecified atom stereocenters. The van der Waals surface area contributed by atoms with Crippen LogP contribution in [0.2, 0.25) is 0 Å². The van der Waals surface area contributed by atoms with E-state index in [2.05, 4.69) is 239 Å². The van der Waals surface area contributed by atoms with Crippen LogP contribution >= 0.6 is 11.3 Å². The molecule has 11 rings (SSSR count). The molecule has 2 aromatic heterocycles. The number of hydrogen-bond acceptors (Lipinski definition) is 3. The Bertz CT molecular complexity index is 3190. The summed E-state index contributed by atoms with van der Waals surface area (Å²) in [6.45, 7) is 0. The van der Waals surface area contributed by atoms with Crippen molar-refractivity contribution >= 4 is 87.4 Å². The number of anilines is 6. The minimum Gasteiger partial charge on any atom is -0.310 e. The van der Waals surface area contributed by atoms with Crippen molar-refractivity contribution in [2.45, 2.75) is 0 Å². The van der Waals surface area contributed by atoms with E-state index in [1.807, 2.05) is 11.3 Å². The molecule has 274 valence electrons. The zero-order valence-corrected chi connectivity index (χ0v) is 32.4. The van der Waals surface area contributed by atoms with Gasteiger partial charge >= 0.3 is 0 Å². The number of hydrogen-bond donors (Lipinski definition) is 0. The van der Waals surface area contributed by atoms with E-state index in [1.165, 1.54) is 42.0 Å². The lowest BCUT2D eigenvalue weighted by molar-refractivity contribution is 1.18. The Kier molecular flexibility index (Phi) is 8.34. The number of rotatable bonds is 8. The van der Waals surface area contributed by atoms with Gasteiger partial charge in [-0.25, -0.2) is 0 Å². The summed E-state index contributed by atoms with van der Waals surface area (Å²) in [4.78, 5) is 4.77. The van der Waals surface area contributed by atoms with Crippen molar-refractivity contribution in [1.82, 2.24) is 4.57 Å². The summed E-state index contributed by atoms with van der Waals surface area (Å²) in [5, 5.41) is 5.06. The first-order chi connectivity index (χ1) is 28.8. The fraction of sp³-hybridized carbons (Fsp3) is 0. The van der Waals surface area contributed by atoms with Gasteiger partial charge in [0.05, 0.1) is 11.0 Å². The van der Waals surface area contributed by atoms with Gasteiger partial charge in [-0.15, -0.1) is 11.3 Å². The molecule has 0 fully saturated rings. The zero-order chi connectivity index (χ0) is 38.4. The van der Waals surface area contributed by atoms with Crippen LogP contribution in [0.15, 0.2) is 224 Å². The van der Waals surface area contributed by atoms with Gasteiger partial charge in [-0.05, 0) is 108 Å². The van der Waals surface area contributed by atoms with Crippen LogP contribution in [-0.4, -0.2) is 4.57 Å². The fourth-order valence-electron chi connectivity index (χ4n) is 8.50. The Balaban J connectivity index is 1.18. The van der Waals surface area contributed by atoms with Gasteiger partial charge in [0, 0.05) is 70.8 Å². The Morgan fingerprint density at radius 3 is 1.45 bits per heavy atom. The Labute approximate surface area is 341 Å². The van der Waals surface area contributed by atoms with Gasteiger partial charge in [0.1, 0.15) is 0 Å². The molecule has 0 saturated heterocycles. The molecule has 0 bridgehead atoms.